The van der Waals surface area contributed by atoms with Crippen molar-refractivity contribution in [1.29, 1.82) is 5.26 Å². The van der Waals surface area contributed by atoms with Crippen LogP contribution < -0.4 is 10.6 Å². The van der Waals surface area contributed by atoms with Crippen molar-refractivity contribution < 1.29 is 13.2 Å². The Bertz CT molecular complexity index is 460. The van der Waals surface area contributed by atoms with Gasteiger partial charge in [-0.15, -0.1) is 0 Å². The van der Waals surface area contributed by atoms with Crippen LogP contribution in [0.25, 0.3) is 0 Å². The van der Waals surface area contributed by atoms with E-state index in [-0.39, 0.29) is 17.4 Å². The van der Waals surface area contributed by atoms with E-state index in [1.54, 1.807) is 0 Å². The van der Waals surface area contributed by atoms with Gasteiger partial charge in [0.1, 0.15) is 17.6 Å². The molecule has 1 aromatic rings. The molecular formula is C10H9F3N4. The highest BCUT2D eigenvalue weighted by Crippen LogP contribution is 2.29. The second-order valence-electron chi connectivity index (χ2n) is 3.70. The molecule has 0 unspecified atom stereocenters. The molecular weight excluding hydrogens is 233 g/mol. The number of hydrogen-bond acceptors (Lipinski definition) is 4. The van der Waals surface area contributed by atoms with Crippen LogP contribution in [0.15, 0.2) is 12.1 Å². The first kappa shape index (κ1) is 11.7. The highest BCUT2D eigenvalue weighted by molar-refractivity contribution is 5.53. The maximum absolute atomic E-state index is 12.5. The predicted molar refractivity (Wildman–Crippen MR) is 54.2 cm³/mol. The molecule has 0 aliphatic carbocycles. The molecule has 4 nitrogen and oxygen atoms in total. The first-order valence-electron chi connectivity index (χ1n) is 4.96. The van der Waals surface area contributed by atoms with Crippen molar-refractivity contribution in [3.63, 3.8) is 0 Å². The molecule has 1 aliphatic rings. The van der Waals surface area contributed by atoms with Crippen LogP contribution >= 0.6 is 0 Å². The van der Waals surface area contributed by atoms with E-state index >= 15 is 0 Å². The van der Waals surface area contributed by atoms with Gasteiger partial charge < -0.3 is 10.6 Å². The summed E-state index contributed by atoms with van der Waals surface area (Å²) >= 11 is 0. The summed E-state index contributed by atoms with van der Waals surface area (Å²) in [6.07, 6.45) is -4.50. The number of halogens is 3. The normalized spacial score (nSPS) is 16.1. The van der Waals surface area contributed by atoms with Gasteiger partial charge in [-0.1, -0.05) is 0 Å². The number of hydrogen-bond donors (Lipinski definition) is 2. The topological polar surface area (TPSA) is 60.7 Å². The molecule has 0 bridgehead atoms. The maximum Gasteiger partial charge on any atom is 0.433 e. The van der Waals surface area contributed by atoms with Crippen LogP contribution in [0, 0.1) is 11.3 Å². The summed E-state index contributed by atoms with van der Waals surface area (Å²) in [5.41, 5.74) is -0.879. The third-order valence-electron chi connectivity index (χ3n) is 2.43. The summed E-state index contributed by atoms with van der Waals surface area (Å²) in [4.78, 5) is 3.45. The third kappa shape index (κ3) is 2.47. The maximum atomic E-state index is 12.5. The smallest absolute Gasteiger partial charge is 0.364 e. The van der Waals surface area contributed by atoms with Crippen LogP contribution in [0.1, 0.15) is 11.3 Å². The van der Waals surface area contributed by atoms with Crippen molar-refractivity contribution in [1.82, 2.24) is 10.3 Å². The molecule has 0 atom stereocenters. The average molecular weight is 242 g/mol. The van der Waals surface area contributed by atoms with E-state index in [9.17, 15) is 13.2 Å². The number of alkyl halides is 3. The number of nitriles is 1. The van der Waals surface area contributed by atoms with Gasteiger partial charge in [0.05, 0.1) is 11.6 Å². The van der Waals surface area contributed by atoms with Crippen LogP contribution in [-0.4, -0.2) is 24.1 Å². The van der Waals surface area contributed by atoms with Gasteiger partial charge >= 0.3 is 6.18 Å². The Balaban J connectivity index is 2.29. The van der Waals surface area contributed by atoms with Gasteiger partial charge in [0.2, 0.25) is 0 Å². The predicted octanol–water partition coefficient (Wildman–Crippen LogP) is 1.36. The molecule has 0 amide bonds. The van der Waals surface area contributed by atoms with Gasteiger partial charge in [-0.05, 0) is 12.1 Å². The van der Waals surface area contributed by atoms with Gasteiger partial charge in [-0.3, -0.25) is 0 Å². The first-order chi connectivity index (χ1) is 8.00. The molecule has 2 rings (SSSR count). The van der Waals surface area contributed by atoms with Crippen LogP contribution in [-0.2, 0) is 6.18 Å². The van der Waals surface area contributed by atoms with Crippen molar-refractivity contribution in [3.8, 4) is 6.07 Å². The largest absolute Gasteiger partial charge is 0.433 e. The van der Waals surface area contributed by atoms with Crippen molar-refractivity contribution in [2.45, 2.75) is 12.2 Å². The lowest BCUT2D eigenvalue weighted by Crippen LogP contribution is -2.51. The summed E-state index contributed by atoms with van der Waals surface area (Å²) in [6, 6.07) is 3.78. The molecule has 1 saturated heterocycles. The Kier molecular flexibility index (Phi) is 2.90. The molecule has 0 spiro atoms. The minimum atomic E-state index is -4.50. The van der Waals surface area contributed by atoms with E-state index in [2.05, 4.69) is 15.6 Å². The Hall–Kier alpha value is -1.81. The lowest BCUT2D eigenvalue weighted by Gasteiger charge is -2.28. The number of pyridine rings is 1. The molecule has 0 saturated carbocycles. The quantitative estimate of drug-likeness (QED) is 0.822. The Morgan fingerprint density at radius 1 is 1.41 bits per heavy atom. The summed E-state index contributed by atoms with van der Waals surface area (Å²) in [6.45, 7) is 1.31. The Morgan fingerprint density at radius 3 is 2.59 bits per heavy atom. The fourth-order valence-electron chi connectivity index (χ4n) is 1.40. The molecule has 1 fully saturated rings. The van der Waals surface area contributed by atoms with Crippen molar-refractivity contribution in [2.75, 3.05) is 18.4 Å². The lowest BCUT2D eigenvalue weighted by molar-refractivity contribution is -0.141. The number of nitrogens with zero attached hydrogens (tertiary/aromatic N) is 2. The summed E-state index contributed by atoms with van der Waals surface area (Å²) in [5.74, 6) is -0.00572. The molecule has 7 heteroatoms. The van der Waals surface area contributed by atoms with Crippen LogP contribution in [0.2, 0.25) is 0 Å². The number of rotatable bonds is 2. The van der Waals surface area contributed by atoms with Gasteiger partial charge in [0, 0.05) is 13.1 Å². The van der Waals surface area contributed by atoms with Gasteiger partial charge in [-0.2, -0.15) is 18.4 Å². The molecule has 2 N–H and O–H groups in total. The van der Waals surface area contributed by atoms with Crippen LogP contribution in [0.5, 0.6) is 0 Å². The Morgan fingerprint density at radius 2 is 2.12 bits per heavy atom. The van der Waals surface area contributed by atoms with Gasteiger partial charge in [0.15, 0.2) is 0 Å². The lowest BCUT2D eigenvalue weighted by atomic mass is 10.1. The van der Waals surface area contributed by atoms with Gasteiger partial charge in [0.25, 0.3) is 0 Å². The molecule has 0 radical (unpaired) electrons. The van der Waals surface area contributed by atoms with E-state index < -0.39 is 11.9 Å². The monoisotopic (exact) mass is 242 g/mol. The zero-order valence-corrected chi connectivity index (χ0v) is 8.67. The molecule has 1 aliphatic heterocycles. The fraction of sp³-hybridized carbons (Fsp3) is 0.400. The SMILES string of the molecule is N#Cc1ccc(C(F)(F)F)nc1NC1CNC1. The minimum Gasteiger partial charge on any atom is -0.364 e. The minimum absolute atomic E-state index is 0.00572. The van der Waals surface area contributed by atoms with E-state index in [0.717, 1.165) is 12.1 Å². The standard InChI is InChI=1S/C10H9F3N4/c11-10(12,13)8-2-1-6(3-14)9(17-8)16-7-4-15-5-7/h1-2,7,15H,4-5H2,(H,16,17). The summed E-state index contributed by atoms with van der Waals surface area (Å²) in [7, 11) is 0. The van der Waals surface area contributed by atoms with E-state index in [1.807, 2.05) is 6.07 Å². The second-order valence-corrected chi connectivity index (χ2v) is 3.70. The second kappa shape index (κ2) is 4.22. The van der Waals surface area contributed by atoms with E-state index in [0.29, 0.717) is 13.1 Å². The number of anilines is 1. The number of aromatic nitrogens is 1. The first-order valence-corrected chi connectivity index (χ1v) is 4.96. The van der Waals surface area contributed by atoms with Crippen molar-refractivity contribution in [3.05, 3.63) is 23.4 Å². The summed E-state index contributed by atoms with van der Waals surface area (Å²) < 4.78 is 37.4. The fourth-order valence-corrected chi connectivity index (χ4v) is 1.40. The molecule has 17 heavy (non-hydrogen) atoms. The molecule has 1 aromatic heterocycles. The van der Waals surface area contributed by atoms with E-state index in [4.69, 9.17) is 5.26 Å². The zero-order valence-electron chi connectivity index (χ0n) is 8.67. The number of nitrogens with one attached hydrogen (secondary N) is 2. The van der Waals surface area contributed by atoms with Crippen LogP contribution in [0.3, 0.4) is 0 Å². The molecule has 2 heterocycles. The highest BCUT2D eigenvalue weighted by atomic mass is 19.4. The molecule has 90 valence electrons. The van der Waals surface area contributed by atoms with Gasteiger partial charge in [-0.25, -0.2) is 4.98 Å². The van der Waals surface area contributed by atoms with Crippen molar-refractivity contribution in [2.24, 2.45) is 0 Å². The van der Waals surface area contributed by atoms with Crippen molar-refractivity contribution >= 4 is 5.82 Å². The highest BCUT2D eigenvalue weighted by Gasteiger charge is 2.33. The Labute approximate surface area is 95.5 Å². The third-order valence-corrected chi connectivity index (χ3v) is 2.43. The van der Waals surface area contributed by atoms with E-state index in [1.165, 1.54) is 0 Å². The zero-order chi connectivity index (χ0) is 12.5. The summed E-state index contributed by atoms with van der Waals surface area (Å²) in [5, 5.41) is 14.6. The van der Waals surface area contributed by atoms with Crippen LogP contribution in [0.4, 0.5) is 19.0 Å². The molecule has 0 aromatic carbocycles. The average Bonchev–Trinajstić information content (AvgIpc) is 2.22.